The van der Waals surface area contributed by atoms with E-state index >= 15 is 0 Å². The SMILES string of the molecule is C=CC[C@H](C[C@H](O[Si](C)(C)C(C)(C)C)[C@H](CC(C)C)NC(=O)c1cccc(N(C)S(=O)(=O)Cc2ccccc2)c1)C(=O)N[C@H](C(=O)NCc1ccc(C(=O)OCc2ccccc2)cc1)C(C)C. The van der Waals surface area contributed by atoms with Crippen molar-refractivity contribution in [1.82, 2.24) is 16.0 Å². The first-order valence-electron chi connectivity index (χ1n) is 23.1. The number of anilines is 1. The molecule has 0 saturated carbocycles. The van der Waals surface area contributed by atoms with Gasteiger partial charge in [-0.05, 0) is 96.3 Å². The van der Waals surface area contributed by atoms with Gasteiger partial charge in [-0.15, -0.1) is 6.58 Å². The van der Waals surface area contributed by atoms with Gasteiger partial charge in [-0.1, -0.05) is 133 Å². The smallest absolute Gasteiger partial charge is 0.338 e. The van der Waals surface area contributed by atoms with Crippen molar-refractivity contribution in [3.63, 3.8) is 0 Å². The first-order chi connectivity index (χ1) is 31.5. The fourth-order valence-corrected chi connectivity index (χ4v) is 9.87. The van der Waals surface area contributed by atoms with Crippen LogP contribution in [0.2, 0.25) is 18.1 Å². The average Bonchev–Trinajstić information content (AvgIpc) is 3.28. The lowest BCUT2D eigenvalue weighted by molar-refractivity contribution is -0.132. The standard InChI is InChI=1S/C53H72N4O8SSi/c1-12-20-43(50(59)56-48(38(4)5)51(60)54-34-39-27-29-42(30-28-39)52(61)64-35-40-21-15-13-16-22-40)33-47(65-67(10,11)53(6,7)8)46(31-37(2)3)55-49(58)44-25-19-26-45(32-44)57(9)66(62,63)36-41-23-17-14-18-24-41/h12-19,21-30,32,37-38,43,46-48H,1,20,31,33-36H2,2-11H3,(H,54,60)(H,55,58)(H,56,59)/t43-,46+,47+,48+/m1/s1. The van der Waals surface area contributed by atoms with Gasteiger partial charge in [-0.2, -0.15) is 0 Å². The van der Waals surface area contributed by atoms with Crippen molar-refractivity contribution in [1.29, 1.82) is 0 Å². The summed E-state index contributed by atoms with van der Waals surface area (Å²) in [5.41, 5.74) is 3.32. The Morgan fingerprint density at radius 1 is 0.761 bits per heavy atom. The van der Waals surface area contributed by atoms with Crippen LogP contribution in [0, 0.1) is 17.8 Å². The lowest BCUT2D eigenvalue weighted by Crippen LogP contribution is -2.54. The first-order valence-corrected chi connectivity index (χ1v) is 27.6. The fourth-order valence-electron chi connectivity index (χ4n) is 7.26. The topological polar surface area (TPSA) is 160 Å². The number of carbonyl (C=O) groups excluding carboxylic acids is 4. The second kappa shape index (κ2) is 24.4. The summed E-state index contributed by atoms with van der Waals surface area (Å²) in [4.78, 5) is 55.1. The van der Waals surface area contributed by atoms with Crippen molar-refractivity contribution in [3.05, 3.63) is 150 Å². The highest BCUT2D eigenvalue weighted by Gasteiger charge is 2.42. The molecule has 0 unspecified atom stereocenters. The van der Waals surface area contributed by atoms with Crippen LogP contribution in [0.15, 0.2) is 122 Å². The molecule has 0 spiro atoms. The molecule has 0 bridgehead atoms. The number of benzene rings is 4. The first kappa shape index (κ1) is 54.0. The number of allylic oxidation sites excluding steroid dienone is 1. The van der Waals surface area contributed by atoms with Gasteiger partial charge in [-0.25, -0.2) is 13.2 Å². The summed E-state index contributed by atoms with van der Waals surface area (Å²) in [6, 6.07) is 30.3. The Labute approximate surface area is 400 Å². The minimum Gasteiger partial charge on any atom is -0.457 e. The highest BCUT2D eigenvalue weighted by Crippen LogP contribution is 2.39. The Hall–Kier alpha value is -5.57. The van der Waals surface area contributed by atoms with E-state index < -0.39 is 54.3 Å². The van der Waals surface area contributed by atoms with Crippen molar-refractivity contribution >= 4 is 47.7 Å². The number of sulfonamides is 1. The lowest BCUT2D eigenvalue weighted by atomic mass is 9.89. The van der Waals surface area contributed by atoms with E-state index in [-0.39, 0.29) is 59.6 Å². The number of ether oxygens (including phenoxy) is 1. The number of nitrogens with one attached hydrogen (secondary N) is 3. The second-order valence-electron chi connectivity index (χ2n) is 19.5. The van der Waals surface area contributed by atoms with E-state index in [1.807, 2.05) is 50.2 Å². The molecule has 4 atom stereocenters. The zero-order valence-corrected chi connectivity index (χ0v) is 42.8. The molecule has 3 amide bonds. The summed E-state index contributed by atoms with van der Waals surface area (Å²) in [5.74, 6) is -2.53. The Balaban J connectivity index is 1.52. The molecule has 362 valence electrons. The van der Waals surface area contributed by atoms with Gasteiger partial charge < -0.3 is 25.1 Å². The molecule has 3 N–H and O–H groups in total. The van der Waals surface area contributed by atoms with Crippen LogP contribution in [0.4, 0.5) is 5.69 Å². The van der Waals surface area contributed by atoms with Gasteiger partial charge in [0.1, 0.15) is 12.6 Å². The second-order valence-corrected chi connectivity index (χ2v) is 26.3. The van der Waals surface area contributed by atoms with Gasteiger partial charge in [0.2, 0.25) is 21.8 Å². The average molecular weight is 953 g/mol. The van der Waals surface area contributed by atoms with Gasteiger partial charge in [0.15, 0.2) is 8.32 Å². The molecule has 0 fully saturated rings. The zero-order chi connectivity index (χ0) is 49.5. The van der Waals surface area contributed by atoms with E-state index in [0.29, 0.717) is 29.7 Å². The Morgan fingerprint density at radius 2 is 1.37 bits per heavy atom. The number of nitrogens with zero attached hydrogens (tertiary/aromatic N) is 1. The quantitative estimate of drug-likeness (QED) is 0.0356. The third-order valence-corrected chi connectivity index (χ3v) is 18.5. The molecule has 0 aliphatic heterocycles. The van der Waals surface area contributed by atoms with Crippen LogP contribution < -0.4 is 20.3 Å². The fraction of sp³-hybridized carbons (Fsp3) is 0.434. The predicted octanol–water partition coefficient (Wildman–Crippen LogP) is 9.58. The summed E-state index contributed by atoms with van der Waals surface area (Å²) in [5, 5.41) is 9.03. The summed E-state index contributed by atoms with van der Waals surface area (Å²) in [6.45, 7) is 22.8. The molecule has 67 heavy (non-hydrogen) atoms. The minimum absolute atomic E-state index is 0.127. The maximum absolute atomic E-state index is 14.4. The largest absolute Gasteiger partial charge is 0.457 e. The minimum atomic E-state index is -3.77. The van der Waals surface area contributed by atoms with Gasteiger partial charge in [0.25, 0.3) is 5.91 Å². The van der Waals surface area contributed by atoms with Gasteiger partial charge in [0.05, 0.1) is 29.1 Å². The third kappa shape index (κ3) is 16.3. The van der Waals surface area contributed by atoms with E-state index in [1.165, 1.54) is 11.4 Å². The van der Waals surface area contributed by atoms with Crippen molar-refractivity contribution < 1.29 is 36.8 Å². The molecule has 0 heterocycles. The van der Waals surface area contributed by atoms with E-state index in [2.05, 4.69) is 70.2 Å². The molecule has 12 nitrogen and oxygen atoms in total. The van der Waals surface area contributed by atoms with Crippen molar-refractivity contribution in [3.8, 4) is 0 Å². The van der Waals surface area contributed by atoms with Crippen molar-refractivity contribution in [2.45, 2.75) is 123 Å². The van der Waals surface area contributed by atoms with Crippen molar-refractivity contribution in [2.75, 3.05) is 11.4 Å². The summed E-state index contributed by atoms with van der Waals surface area (Å²) in [7, 11) is -4.82. The highest BCUT2D eigenvalue weighted by molar-refractivity contribution is 7.92. The van der Waals surface area contributed by atoms with Crippen LogP contribution in [0.25, 0.3) is 0 Å². The monoisotopic (exact) mass is 952 g/mol. The Morgan fingerprint density at radius 3 is 1.94 bits per heavy atom. The summed E-state index contributed by atoms with van der Waals surface area (Å²) in [6.07, 6.45) is 2.14. The maximum Gasteiger partial charge on any atom is 0.338 e. The Kier molecular flexibility index (Phi) is 19.7. The number of hydrogen-bond donors (Lipinski definition) is 3. The van der Waals surface area contributed by atoms with Crippen LogP contribution in [-0.4, -0.2) is 65.7 Å². The summed E-state index contributed by atoms with van der Waals surface area (Å²) >= 11 is 0. The molecule has 0 aliphatic rings. The van der Waals surface area contributed by atoms with Crippen LogP contribution >= 0.6 is 0 Å². The zero-order valence-electron chi connectivity index (χ0n) is 41.0. The third-order valence-electron chi connectivity index (χ3n) is 12.3. The molecule has 4 aromatic rings. The number of rotatable bonds is 24. The molecule has 4 rings (SSSR count). The van der Waals surface area contributed by atoms with Gasteiger partial charge >= 0.3 is 5.97 Å². The molecule has 14 heteroatoms. The molecule has 0 radical (unpaired) electrons. The van der Waals surface area contributed by atoms with E-state index in [1.54, 1.807) is 78.9 Å². The Bertz CT molecular complexity index is 2370. The molecule has 0 aliphatic carbocycles. The van der Waals surface area contributed by atoms with Crippen LogP contribution in [0.1, 0.15) is 105 Å². The van der Waals surface area contributed by atoms with Gasteiger partial charge in [-0.3, -0.25) is 18.7 Å². The molecule has 4 aromatic carbocycles. The van der Waals surface area contributed by atoms with Crippen LogP contribution in [0.5, 0.6) is 0 Å². The molecule has 0 aromatic heterocycles. The lowest BCUT2D eigenvalue weighted by Gasteiger charge is -2.43. The van der Waals surface area contributed by atoms with Gasteiger partial charge in [0, 0.05) is 25.1 Å². The number of esters is 1. The van der Waals surface area contributed by atoms with Crippen LogP contribution in [0.3, 0.4) is 0 Å². The normalized spacial score (nSPS) is 13.8. The molecular formula is C53H72N4O8SSi. The maximum atomic E-state index is 14.4. The van der Waals surface area contributed by atoms with E-state index in [0.717, 1.165) is 11.1 Å². The van der Waals surface area contributed by atoms with Crippen LogP contribution in [-0.2, 0) is 47.7 Å². The molecule has 0 saturated heterocycles. The predicted molar refractivity (Wildman–Crippen MR) is 270 cm³/mol. The summed E-state index contributed by atoms with van der Waals surface area (Å²) < 4.78 is 40.7. The highest BCUT2D eigenvalue weighted by atomic mass is 32.2. The number of hydrogen-bond acceptors (Lipinski definition) is 8. The van der Waals surface area contributed by atoms with Crippen molar-refractivity contribution in [2.24, 2.45) is 17.8 Å². The van der Waals surface area contributed by atoms with E-state index in [4.69, 9.17) is 9.16 Å². The molecular weight excluding hydrogens is 881 g/mol. The number of carbonyl (C=O) groups is 4. The number of amides is 3. The van der Waals surface area contributed by atoms with E-state index in [9.17, 15) is 27.6 Å².